The standard InChI is InChI=1S/C13H13ClFNS/c1-16-5-4-9-6-13(17-8-9)10-2-3-12(15)11(14)7-10/h2-3,6-8,16H,4-5H2,1H3. The van der Waals surface area contributed by atoms with Gasteiger partial charge in [0.25, 0.3) is 0 Å². The van der Waals surface area contributed by atoms with Gasteiger partial charge < -0.3 is 5.32 Å². The van der Waals surface area contributed by atoms with Crippen molar-refractivity contribution in [1.29, 1.82) is 0 Å². The van der Waals surface area contributed by atoms with E-state index >= 15 is 0 Å². The average Bonchev–Trinajstić information content (AvgIpc) is 2.79. The molecule has 0 saturated carbocycles. The van der Waals surface area contributed by atoms with Gasteiger partial charge in [0.05, 0.1) is 5.02 Å². The maximum atomic E-state index is 13.0. The van der Waals surface area contributed by atoms with Crippen molar-refractivity contribution >= 4 is 22.9 Å². The van der Waals surface area contributed by atoms with E-state index < -0.39 is 0 Å². The van der Waals surface area contributed by atoms with E-state index in [4.69, 9.17) is 11.6 Å². The maximum Gasteiger partial charge on any atom is 0.141 e. The number of likely N-dealkylation sites (N-methyl/N-ethyl adjacent to an activating group) is 1. The molecule has 1 N–H and O–H groups in total. The van der Waals surface area contributed by atoms with Gasteiger partial charge in [0.2, 0.25) is 0 Å². The third kappa shape index (κ3) is 3.06. The molecule has 2 rings (SSSR count). The fourth-order valence-electron chi connectivity index (χ4n) is 1.58. The first kappa shape index (κ1) is 12.6. The summed E-state index contributed by atoms with van der Waals surface area (Å²) in [5.74, 6) is -0.373. The van der Waals surface area contributed by atoms with Gasteiger partial charge in [-0.25, -0.2) is 4.39 Å². The molecule has 1 nitrogen and oxygen atoms in total. The Kier molecular flexibility index (Phi) is 4.15. The van der Waals surface area contributed by atoms with Crippen molar-refractivity contribution in [3.05, 3.63) is 46.0 Å². The molecule has 0 atom stereocenters. The van der Waals surface area contributed by atoms with E-state index in [-0.39, 0.29) is 10.8 Å². The molecule has 0 bridgehead atoms. The summed E-state index contributed by atoms with van der Waals surface area (Å²) in [6.45, 7) is 0.959. The molecule has 0 aliphatic heterocycles. The first-order valence-corrected chi connectivity index (χ1v) is 6.64. The summed E-state index contributed by atoms with van der Waals surface area (Å²) in [4.78, 5) is 1.12. The van der Waals surface area contributed by atoms with E-state index in [1.165, 1.54) is 11.6 Å². The Morgan fingerprint density at radius 2 is 2.18 bits per heavy atom. The summed E-state index contributed by atoms with van der Waals surface area (Å²) in [6, 6.07) is 6.97. The number of nitrogens with one attached hydrogen (secondary N) is 1. The van der Waals surface area contributed by atoms with Gasteiger partial charge in [0, 0.05) is 4.88 Å². The minimum Gasteiger partial charge on any atom is -0.319 e. The summed E-state index contributed by atoms with van der Waals surface area (Å²) in [7, 11) is 1.94. The highest BCUT2D eigenvalue weighted by atomic mass is 35.5. The van der Waals surface area contributed by atoms with Crippen LogP contribution < -0.4 is 5.32 Å². The largest absolute Gasteiger partial charge is 0.319 e. The van der Waals surface area contributed by atoms with Crippen molar-refractivity contribution in [2.75, 3.05) is 13.6 Å². The summed E-state index contributed by atoms with van der Waals surface area (Å²) >= 11 is 7.43. The Morgan fingerprint density at radius 3 is 2.88 bits per heavy atom. The van der Waals surface area contributed by atoms with Crippen LogP contribution in [0.3, 0.4) is 0 Å². The van der Waals surface area contributed by atoms with E-state index in [2.05, 4.69) is 16.8 Å². The minimum atomic E-state index is -0.373. The molecule has 0 aliphatic carbocycles. The second-order valence-electron chi connectivity index (χ2n) is 3.80. The zero-order chi connectivity index (χ0) is 12.3. The monoisotopic (exact) mass is 269 g/mol. The molecular weight excluding hydrogens is 257 g/mol. The van der Waals surface area contributed by atoms with Crippen molar-refractivity contribution in [2.24, 2.45) is 0 Å². The third-order valence-corrected chi connectivity index (χ3v) is 3.84. The van der Waals surface area contributed by atoms with Crippen LogP contribution in [0.1, 0.15) is 5.56 Å². The summed E-state index contributed by atoms with van der Waals surface area (Å²) < 4.78 is 13.0. The lowest BCUT2D eigenvalue weighted by atomic mass is 10.1. The lowest BCUT2D eigenvalue weighted by Gasteiger charge is -1.99. The lowest BCUT2D eigenvalue weighted by Crippen LogP contribution is -2.09. The molecule has 2 aromatic rings. The van der Waals surface area contributed by atoms with E-state index in [0.717, 1.165) is 23.4 Å². The number of rotatable bonds is 4. The highest BCUT2D eigenvalue weighted by Crippen LogP contribution is 2.30. The van der Waals surface area contributed by atoms with Gasteiger partial charge in [-0.2, -0.15) is 0 Å². The minimum absolute atomic E-state index is 0.174. The lowest BCUT2D eigenvalue weighted by molar-refractivity contribution is 0.628. The molecule has 17 heavy (non-hydrogen) atoms. The smallest absolute Gasteiger partial charge is 0.141 e. The van der Waals surface area contributed by atoms with Crippen LogP contribution in [0.4, 0.5) is 4.39 Å². The van der Waals surface area contributed by atoms with Crippen LogP contribution in [-0.2, 0) is 6.42 Å². The average molecular weight is 270 g/mol. The van der Waals surface area contributed by atoms with Crippen LogP contribution in [0.5, 0.6) is 0 Å². The quantitative estimate of drug-likeness (QED) is 0.886. The molecule has 0 amide bonds. The molecule has 0 fully saturated rings. The normalized spacial score (nSPS) is 10.8. The molecule has 0 saturated heterocycles. The molecule has 1 heterocycles. The van der Waals surface area contributed by atoms with Gasteiger partial charge in [-0.3, -0.25) is 0 Å². The van der Waals surface area contributed by atoms with Crippen LogP contribution in [0.2, 0.25) is 5.02 Å². The van der Waals surface area contributed by atoms with Gasteiger partial charge in [-0.15, -0.1) is 11.3 Å². The molecule has 1 aromatic heterocycles. The Morgan fingerprint density at radius 1 is 1.35 bits per heavy atom. The van der Waals surface area contributed by atoms with Crippen LogP contribution >= 0.6 is 22.9 Å². The summed E-state index contributed by atoms with van der Waals surface area (Å²) in [6.07, 6.45) is 1.00. The Labute approximate surface area is 109 Å². The zero-order valence-electron chi connectivity index (χ0n) is 9.47. The SMILES string of the molecule is CNCCc1csc(-c2ccc(F)c(Cl)c2)c1. The number of halogens is 2. The maximum absolute atomic E-state index is 13.0. The summed E-state index contributed by atoms with van der Waals surface area (Å²) in [5.41, 5.74) is 2.26. The topological polar surface area (TPSA) is 12.0 Å². The molecule has 90 valence electrons. The van der Waals surface area contributed by atoms with Crippen LogP contribution in [0.25, 0.3) is 10.4 Å². The summed E-state index contributed by atoms with van der Waals surface area (Å²) in [5, 5.41) is 5.42. The number of thiophene rings is 1. The zero-order valence-corrected chi connectivity index (χ0v) is 11.0. The number of benzene rings is 1. The van der Waals surface area contributed by atoms with Gasteiger partial charge in [-0.1, -0.05) is 17.7 Å². The van der Waals surface area contributed by atoms with Crippen molar-refractivity contribution in [2.45, 2.75) is 6.42 Å². The van der Waals surface area contributed by atoms with Gasteiger partial charge in [0.1, 0.15) is 5.82 Å². The van der Waals surface area contributed by atoms with Crippen LogP contribution in [-0.4, -0.2) is 13.6 Å². The fraction of sp³-hybridized carbons (Fsp3) is 0.231. The Bertz CT molecular complexity index is 510. The number of hydrogen-bond acceptors (Lipinski definition) is 2. The molecule has 0 radical (unpaired) electrons. The van der Waals surface area contributed by atoms with Gasteiger partial charge in [-0.05, 0) is 54.7 Å². The second kappa shape index (κ2) is 5.63. The van der Waals surface area contributed by atoms with Gasteiger partial charge >= 0.3 is 0 Å². The van der Waals surface area contributed by atoms with Crippen molar-refractivity contribution in [3.8, 4) is 10.4 Å². The predicted molar refractivity (Wildman–Crippen MR) is 72.4 cm³/mol. The molecule has 0 spiro atoms. The van der Waals surface area contributed by atoms with E-state index in [9.17, 15) is 4.39 Å². The molecule has 4 heteroatoms. The van der Waals surface area contributed by atoms with Crippen molar-refractivity contribution in [3.63, 3.8) is 0 Å². The fourth-order valence-corrected chi connectivity index (χ4v) is 2.70. The van der Waals surface area contributed by atoms with E-state index in [0.29, 0.717) is 0 Å². The van der Waals surface area contributed by atoms with Crippen LogP contribution in [0.15, 0.2) is 29.6 Å². The van der Waals surface area contributed by atoms with Crippen molar-refractivity contribution < 1.29 is 4.39 Å². The Hall–Kier alpha value is -0.900. The second-order valence-corrected chi connectivity index (χ2v) is 5.12. The highest BCUT2D eigenvalue weighted by molar-refractivity contribution is 7.13. The predicted octanol–water partition coefficient (Wildman–Crippen LogP) is 3.97. The van der Waals surface area contributed by atoms with E-state index in [1.54, 1.807) is 23.5 Å². The first-order chi connectivity index (χ1) is 8.20. The van der Waals surface area contributed by atoms with Crippen molar-refractivity contribution in [1.82, 2.24) is 5.32 Å². The first-order valence-electron chi connectivity index (χ1n) is 5.38. The molecule has 0 aliphatic rings. The number of hydrogen-bond donors (Lipinski definition) is 1. The highest BCUT2D eigenvalue weighted by Gasteiger charge is 2.05. The third-order valence-electron chi connectivity index (χ3n) is 2.52. The molecule has 0 unspecified atom stereocenters. The van der Waals surface area contributed by atoms with Gasteiger partial charge in [0.15, 0.2) is 0 Å². The molecule has 1 aromatic carbocycles. The molecular formula is C13H13ClFNS. The van der Waals surface area contributed by atoms with Crippen LogP contribution in [0, 0.1) is 5.82 Å². The Balaban J connectivity index is 2.21. The van der Waals surface area contributed by atoms with E-state index in [1.807, 2.05) is 7.05 Å².